The summed E-state index contributed by atoms with van der Waals surface area (Å²) in [5.41, 5.74) is 0.801. The van der Waals surface area contributed by atoms with Crippen molar-refractivity contribution in [1.82, 2.24) is 5.32 Å². The summed E-state index contributed by atoms with van der Waals surface area (Å²) < 4.78 is 16.7. The van der Waals surface area contributed by atoms with Crippen molar-refractivity contribution in [3.8, 4) is 17.2 Å². The molecule has 184 valence electrons. The summed E-state index contributed by atoms with van der Waals surface area (Å²) >= 11 is 0. The molecule has 0 fully saturated rings. The fourth-order valence-corrected chi connectivity index (χ4v) is 3.40. The molecule has 0 aliphatic carbocycles. The normalized spacial score (nSPS) is 12.0. The monoisotopic (exact) mass is 477 g/mol. The molecule has 0 aliphatic rings. The smallest absolute Gasteiger partial charge is 0.333 e. The number of para-hydroxylation sites is 1. The average Bonchev–Trinajstić information content (AvgIpc) is 2.85. The maximum Gasteiger partial charge on any atom is 0.333 e. The van der Waals surface area contributed by atoms with Crippen LogP contribution in [0.25, 0.3) is 0 Å². The van der Waals surface area contributed by atoms with Crippen molar-refractivity contribution in [2.24, 2.45) is 0 Å². The second kappa shape index (κ2) is 12.0. The largest absolute Gasteiger partial charge is 0.479 e. The molecule has 7 heteroatoms. The number of aliphatic carboxylic acids is 1. The first kappa shape index (κ1) is 25.8. The van der Waals surface area contributed by atoms with Crippen LogP contribution in [0.4, 0.5) is 0 Å². The van der Waals surface area contributed by atoms with Crippen LogP contribution in [0.2, 0.25) is 0 Å². The number of carbonyl (C=O) groups is 2. The molecule has 3 aromatic rings. The predicted molar refractivity (Wildman–Crippen MR) is 133 cm³/mol. The van der Waals surface area contributed by atoms with Crippen LogP contribution in [-0.2, 0) is 27.2 Å². The van der Waals surface area contributed by atoms with Gasteiger partial charge < -0.3 is 24.6 Å². The number of rotatable bonds is 12. The van der Waals surface area contributed by atoms with E-state index in [-0.39, 0.29) is 12.3 Å². The highest BCUT2D eigenvalue weighted by Crippen LogP contribution is 2.22. The zero-order valence-corrected chi connectivity index (χ0v) is 20.2. The summed E-state index contributed by atoms with van der Waals surface area (Å²) in [6.07, 6.45) is 0.0124. The molecule has 3 rings (SSSR count). The lowest BCUT2D eigenvalue weighted by Gasteiger charge is -2.25. The molecule has 0 unspecified atom stereocenters. The van der Waals surface area contributed by atoms with Gasteiger partial charge in [0.15, 0.2) is 11.7 Å². The van der Waals surface area contributed by atoms with Crippen molar-refractivity contribution < 1.29 is 28.9 Å². The van der Waals surface area contributed by atoms with Crippen LogP contribution < -0.4 is 14.8 Å². The summed E-state index contributed by atoms with van der Waals surface area (Å²) in [7, 11) is 1.37. The van der Waals surface area contributed by atoms with Gasteiger partial charge in [-0.15, -0.1) is 0 Å². The molecule has 0 saturated carbocycles. The van der Waals surface area contributed by atoms with Crippen LogP contribution in [0, 0.1) is 0 Å². The standard InChI is InChI=1S/C28H31NO6/c1-28(2,35-24-15-11-21(12-16-24)19-25(33-3)26(30)31)27(32)29-18-17-20-9-13-23(14-10-20)34-22-7-5-4-6-8-22/h4-16,25H,17-19H2,1-3H3,(H,29,32)(H,30,31)/t25-/m0/s1. The molecule has 1 atom stereocenters. The first-order chi connectivity index (χ1) is 16.8. The number of carbonyl (C=O) groups excluding carboxylic acids is 1. The van der Waals surface area contributed by atoms with Gasteiger partial charge in [-0.05, 0) is 67.8 Å². The van der Waals surface area contributed by atoms with Gasteiger partial charge >= 0.3 is 5.97 Å². The number of carboxylic acid groups (broad SMARTS) is 1. The summed E-state index contributed by atoms with van der Waals surface area (Å²) in [6, 6.07) is 24.3. The van der Waals surface area contributed by atoms with E-state index < -0.39 is 17.7 Å². The van der Waals surface area contributed by atoms with Crippen molar-refractivity contribution >= 4 is 11.9 Å². The average molecular weight is 478 g/mol. The summed E-state index contributed by atoms with van der Waals surface area (Å²) in [5, 5.41) is 12.0. The maximum atomic E-state index is 12.7. The van der Waals surface area contributed by atoms with Crippen molar-refractivity contribution in [3.63, 3.8) is 0 Å². The molecule has 0 spiro atoms. The molecule has 1 amide bonds. The molecule has 0 heterocycles. The van der Waals surface area contributed by atoms with Gasteiger partial charge in [0.2, 0.25) is 0 Å². The van der Waals surface area contributed by atoms with Crippen LogP contribution >= 0.6 is 0 Å². The molecule has 0 radical (unpaired) electrons. The lowest BCUT2D eigenvalue weighted by molar-refractivity contribution is -0.148. The van der Waals surface area contributed by atoms with Crippen molar-refractivity contribution in [3.05, 3.63) is 90.0 Å². The fraction of sp³-hybridized carbons (Fsp3) is 0.286. The Morgan fingerprint density at radius 2 is 1.43 bits per heavy atom. The van der Waals surface area contributed by atoms with Gasteiger partial charge in [-0.3, -0.25) is 4.79 Å². The van der Waals surface area contributed by atoms with Gasteiger partial charge in [0.25, 0.3) is 5.91 Å². The van der Waals surface area contributed by atoms with E-state index in [1.54, 1.807) is 38.1 Å². The predicted octanol–water partition coefficient (Wildman–Crippen LogP) is 4.64. The minimum atomic E-state index is -1.08. The van der Waals surface area contributed by atoms with Crippen LogP contribution in [0.1, 0.15) is 25.0 Å². The Morgan fingerprint density at radius 1 is 0.857 bits per heavy atom. The number of ether oxygens (including phenoxy) is 3. The number of carboxylic acids is 1. The Balaban J connectivity index is 1.46. The van der Waals surface area contributed by atoms with Crippen molar-refractivity contribution in [2.45, 2.75) is 38.4 Å². The Bertz CT molecular complexity index is 1090. The third-order valence-electron chi connectivity index (χ3n) is 5.43. The van der Waals surface area contributed by atoms with E-state index in [1.807, 2.05) is 54.6 Å². The highest BCUT2D eigenvalue weighted by Gasteiger charge is 2.29. The fourth-order valence-electron chi connectivity index (χ4n) is 3.40. The Hall–Kier alpha value is -3.84. The maximum absolute atomic E-state index is 12.7. The second-order valence-electron chi connectivity index (χ2n) is 8.59. The number of amides is 1. The number of nitrogens with one attached hydrogen (secondary N) is 1. The van der Waals surface area contributed by atoms with Gasteiger partial charge in [0, 0.05) is 20.1 Å². The quantitative estimate of drug-likeness (QED) is 0.395. The SMILES string of the molecule is CO[C@@H](Cc1ccc(OC(C)(C)C(=O)NCCc2ccc(Oc3ccccc3)cc2)cc1)C(=O)O. The lowest BCUT2D eigenvalue weighted by atomic mass is 10.1. The van der Waals surface area contributed by atoms with Crippen LogP contribution in [-0.4, -0.2) is 42.3 Å². The van der Waals surface area contributed by atoms with Crippen LogP contribution in [0.15, 0.2) is 78.9 Å². The topological polar surface area (TPSA) is 94.1 Å². The molecule has 2 N–H and O–H groups in total. The molecule has 0 saturated heterocycles. The molecule has 0 aliphatic heterocycles. The van der Waals surface area contributed by atoms with Gasteiger partial charge in [-0.1, -0.05) is 42.5 Å². The van der Waals surface area contributed by atoms with E-state index in [4.69, 9.17) is 19.3 Å². The third-order valence-corrected chi connectivity index (χ3v) is 5.43. The third kappa shape index (κ3) is 7.86. The zero-order valence-electron chi connectivity index (χ0n) is 20.2. The number of hydrogen-bond acceptors (Lipinski definition) is 5. The zero-order chi connectivity index (χ0) is 25.3. The molecule has 35 heavy (non-hydrogen) atoms. The van der Waals surface area contributed by atoms with E-state index in [2.05, 4.69) is 5.32 Å². The molecule has 7 nitrogen and oxygen atoms in total. The molecule has 0 bridgehead atoms. The van der Waals surface area contributed by atoms with E-state index in [0.717, 1.165) is 22.6 Å². The number of hydrogen-bond donors (Lipinski definition) is 2. The molecule has 3 aromatic carbocycles. The van der Waals surface area contributed by atoms with E-state index >= 15 is 0 Å². The van der Waals surface area contributed by atoms with Crippen LogP contribution in [0.3, 0.4) is 0 Å². The minimum absolute atomic E-state index is 0.226. The van der Waals surface area contributed by atoms with Gasteiger partial charge in [-0.2, -0.15) is 0 Å². The first-order valence-corrected chi connectivity index (χ1v) is 11.4. The molecule has 0 aromatic heterocycles. The Morgan fingerprint density at radius 3 is 2.03 bits per heavy atom. The molecular formula is C28H31NO6. The summed E-state index contributed by atoms with van der Waals surface area (Å²) in [4.78, 5) is 23.8. The van der Waals surface area contributed by atoms with E-state index in [1.165, 1.54) is 7.11 Å². The van der Waals surface area contributed by atoms with Crippen LogP contribution in [0.5, 0.6) is 17.2 Å². The van der Waals surface area contributed by atoms with Gasteiger partial charge in [0.1, 0.15) is 17.2 Å². The van der Waals surface area contributed by atoms with E-state index in [0.29, 0.717) is 18.7 Å². The van der Waals surface area contributed by atoms with Crippen molar-refractivity contribution in [2.75, 3.05) is 13.7 Å². The summed E-state index contributed by atoms with van der Waals surface area (Å²) in [5.74, 6) is 0.819. The van der Waals surface area contributed by atoms with Gasteiger partial charge in [0.05, 0.1) is 0 Å². The minimum Gasteiger partial charge on any atom is -0.479 e. The molecular weight excluding hydrogens is 446 g/mol. The number of benzene rings is 3. The van der Waals surface area contributed by atoms with E-state index in [9.17, 15) is 9.59 Å². The lowest BCUT2D eigenvalue weighted by Crippen LogP contribution is -2.47. The Kier molecular flexibility index (Phi) is 8.86. The van der Waals surface area contributed by atoms with Crippen molar-refractivity contribution in [1.29, 1.82) is 0 Å². The van der Waals surface area contributed by atoms with Gasteiger partial charge in [-0.25, -0.2) is 4.79 Å². The highest BCUT2D eigenvalue weighted by atomic mass is 16.5. The second-order valence-corrected chi connectivity index (χ2v) is 8.59. The summed E-state index contributed by atoms with van der Waals surface area (Å²) in [6.45, 7) is 3.88. The highest BCUT2D eigenvalue weighted by molar-refractivity contribution is 5.84. The first-order valence-electron chi connectivity index (χ1n) is 11.4. The Labute approximate surface area is 205 Å². The number of methoxy groups -OCH3 is 1.